The van der Waals surface area contributed by atoms with Crippen LogP contribution in [0.5, 0.6) is 0 Å². The van der Waals surface area contributed by atoms with Crippen molar-refractivity contribution in [3.05, 3.63) is 40.9 Å². The Labute approximate surface area is 171 Å². The van der Waals surface area contributed by atoms with Crippen molar-refractivity contribution in [2.24, 2.45) is 5.18 Å². The van der Waals surface area contributed by atoms with Crippen LogP contribution in [-0.4, -0.2) is 29.1 Å². The van der Waals surface area contributed by atoms with Crippen molar-refractivity contribution < 1.29 is 14.3 Å². The van der Waals surface area contributed by atoms with E-state index in [2.05, 4.69) is 15.5 Å². The van der Waals surface area contributed by atoms with Gasteiger partial charge in [0.1, 0.15) is 5.60 Å². The summed E-state index contributed by atoms with van der Waals surface area (Å²) < 4.78 is 5.19. The van der Waals surface area contributed by atoms with Gasteiger partial charge in [-0.3, -0.25) is 4.79 Å². The molecule has 0 aliphatic rings. The fourth-order valence-electron chi connectivity index (χ4n) is 3.45. The molecule has 1 aromatic carbocycles. The first-order valence-electron chi connectivity index (χ1n) is 10.1. The molecule has 0 fully saturated rings. The van der Waals surface area contributed by atoms with Crippen molar-refractivity contribution in [1.82, 2.24) is 10.3 Å². The lowest BCUT2D eigenvalue weighted by Crippen LogP contribution is -2.33. The monoisotopic (exact) mass is 401 g/mol. The third-order valence-corrected chi connectivity index (χ3v) is 5.01. The van der Waals surface area contributed by atoms with Crippen LogP contribution in [0.2, 0.25) is 0 Å². The summed E-state index contributed by atoms with van der Waals surface area (Å²) in [6.45, 7) is 7.81. The second kappa shape index (κ2) is 9.67. The number of amides is 2. The van der Waals surface area contributed by atoms with Crippen molar-refractivity contribution in [2.75, 3.05) is 6.54 Å². The van der Waals surface area contributed by atoms with Gasteiger partial charge >= 0.3 is 6.09 Å². The van der Waals surface area contributed by atoms with Crippen LogP contribution in [0.4, 0.5) is 4.79 Å². The van der Waals surface area contributed by atoms with E-state index in [9.17, 15) is 14.5 Å². The summed E-state index contributed by atoms with van der Waals surface area (Å²) in [7, 11) is 0. The number of hydrogen-bond acceptors (Lipinski definition) is 4. The Hall–Kier alpha value is -2.70. The minimum Gasteiger partial charge on any atom is -0.444 e. The SMILES string of the molecule is CC(C)(C)OC(=O)NCCCCCCC(C)(C(=O)N=O)c1c[nH]c2ccccc12. The van der Waals surface area contributed by atoms with Gasteiger partial charge in [-0.25, -0.2) is 4.79 Å². The predicted molar refractivity (Wildman–Crippen MR) is 114 cm³/mol. The van der Waals surface area contributed by atoms with Crippen LogP contribution in [0, 0.1) is 4.91 Å². The average molecular weight is 402 g/mol. The summed E-state index contributed by atoms with van der Waals surface area (Å²) in [5.41, 5.74) is 0.289. The van der Waals surface area contributed by atoms with E-state index < -0.39 is 23.0 Å². The summed E-state index contributed by atoms with van der Waals surface area (Å²) in [6.07, 6.45) is 5.33. The highest BCUT2D eigenvalue weighted by atomic mass is 16.6. The molecule has 29 heavy (non-hydrogen) atoms. The molecule has 1 aromatic heterocycles. The number of nitrogens with one attached hydrogen (secondary N) is 2. The first kappa shape index (κ1) is 22.6. The molecule has 0 spiro atoms. The molecule has 158 valence electrons. The molecule has 2 N–H and O–H groups in total. The molecule has 7 heteroatoms. The Morgan fingerprint density at radius 3 is 2.45 bits per heavy atom. The molecule has 1 atom stereocenters. The van der Waals surface area contributed by atoms with E-state index in [0.717, 1.165) is 42.1 Å². The normalized spacial score (nSPS) is 13.7. The minimum absolute atomic E-state index is 0.410. The maximum atomic E-state index is 12.4. The lowest BCUT2D eigenvalue weighted by atomic mass is 9.77. The van der Waals surface area contributed by atoms with E-state index in [1.807, 2.05) is 45.0 Å². The van der Waals surface area contributed by atoms with Gasteiger partial charge in [0.05, 0.1) is 5.41 Å². The topological polar surface area (TPSA) is 101 Å². The molecule has 0 aliphatic carbocycles. The fraction of sp³-hybridized carbons (Fsp3) is 0.545. The van der Waals surface area contributed by atoms with Gasteiger partial charge in [-0.15, -0.1) is 4.91 Å². The minimum atomic E-state index is -0.948. The number of nitrogens with zero attached hydrogens (tertiary/aromatic N) is 1. The summed E-state index contributed by atoms with van der Waals surface area (Å²) in [5, 5.41) is 6.42. The van der Waals surface area contributed by atoms with Gasteiger partial charge in [-0.1, -0.05) is 37.5 Å². The molecule has 0 radical (unpaired) electrons. The second-order valence-corrected chi connectivity index (χ2v) is 8.57. The first-order chi connectivity index (χ1) is 13.7. The van der Waals surface area contributed by atoms with Crippen LogP contribution in [0.3, 0.4) is 0 Å². The molecule has 0 saturated heterocycles. The van der Waals surface area contributed by atoms with Gasteiger partial charge < -0.3 is 15.0 Å². The molecule has 2 aromatic rings. The number of ether oxygens (including phenoxy) is 1. The summed E-state index contributed by atoms with van der Waals surface area (Å²) in [5.74, 6) is -0.645. The Bertz CT molecular complexity index is 853. The van der Waals surface area contributed by atoms with Gasteiger partial charge in [0, 0.05) is 28.8 Å². The second-order valence-electron chi connectivity index (χ2n) is 8.57. The van der Waals surface area contributed by atoms with Crippen LogP contribution >= 0.6 is 0 Å². The summed E-state index contributed by atoms with van der Waals surface area (Å²) >= 11 is 0. The number of nitroso groups, excluding NO2 is 1. The number of unbranched alkanes of at least 4 members (excludes halogenated alkanes) is 3. The Morgan fingerprint density at radius 2 is 1.76 bits per heavy atom. The molecular weight excluding hydrogens is 370 g/mol. The third kappa shape index (κ3) is 6.14. The van der Waals surface area contributed by atoms with Crippen molar-refractivity contribution in [1.29, 1.82) is 0 Å². The van der Waals surface area contributed by atoms with E-state index in [1.54, 1.807) is 13.1 Å². The Balaban J connectivity index is 1.85. The van der Waals surface area contributed by atoms with E-state index in [0.29, 0.717) is 13.0 Å². The Morgan fingerprint density at radius 1 is 1.07 bits per heavy atom. The van der Waals surface area contributed by atoms with Gasteiger partial charge in [0.15, 0.2) is 0 Å². The molecule has 7 nitrogen and oxygen atoms in total. The number of carbonyl (C=O) groups excluding carboxylic acids is 2. The fourth-order valence-corrected chi connectivity index (χ4v) is 3.45. The molecule has 1 heterocycles. The van der Waals surface area contributed by atoms with E-state index >= 15 is 0 Å². The number of aromatic nitrogens is 1. The smallest absolute Gasteiger partial charge is 0.407 e. The van der Waals surface area contributed by atoms with Crippen LogP contribution in [0.1, 0.15) is 65.4 Å². The zero-order valence-electron chi connectivity index (χ0n) is 17.7. The number of H-pyrrole nitrogens is 1. The van der Waals surface area contributed by atoms with Gasteiger partial charge in [0.25, 0.3) is 5.91 Å². The molecule has 0 bridgehead atoms. The largest absolute Gasteiger partial charge is 0.444 e. The number of alkyl carbamates (subject to hydrolysis) is 1. The highest BCUT2D eigenvalue weighted by Gasteiger charge is 2.37. The number of benzene rings is 1. The number of fused-ring (bicyclic) bond motifs is 1. The lowest BCUT2D eigenvalue weighted by Gasteiger charge is -2.24. The van der Waals surface area contributed by atoms with E-state index in [4.69, 9.17) is 4.74 Å². The van der Waals surface area contributed by atoms with Gasteiger partial charge in [-0.05, 0) is 52.2 Å². The van der Waals surface area contributed by atoms with Crippen molar-refractivity contribution in [2.45, 2.75) is 70.8 Å². The van der Waals surface area contributed by atoms with Crippen molar-refractivity contribution >= 4 is 22.9 Å². The molecule has 0 saturated carbocycles. The highest BCUT2D eigenvalue weighted by Crippen LogP contribution is 2.36. The molecule has 0 aliphatic heterocycles. The maximum absolute atomic E-state index is 12.4. The quantitative estimate of drug-likeness (QED) is 0.446. The third-order valence-electron chi connectivity index (χ3n) is 5.01. The molecule has 2 rings (SSSR count). The summed E-state index contributed by atoms with van der Waals surface area (Å²) in [6, 6.07) is 7.72. The zero-order valence-corrected chi connectivity index (χ0v) is 17.7. The Kier molecular flexibility index (Phi) is 7.53. The maximum Gasteiger partial charge on any atom is 0.407 e. The highest BCUT2D eigenvalue weighted by molar-refractivity contribution is 5.95. The van der Waals surface area contributed by atoms with Gasteiger partial charge in [0.2, 0.25) is 0 Å². The molecule has 1 unspecified atom stereocenters. The predicted octanol–water partition coefficient (Wildman–Crippen LogP) is 5.19. The zero-order chi connectivity index (χ0) is 21.5. The van der Waals surface area contributed by atoms with Crippen LogP contribution in [0.15, 0.2) is 35.6 Å². The van der Waals surface area contributed by atoms with Crippen LogP contribution in [-0.2, 0) is 14.9 Å². The first-order valence-corrected chi connectivity index (χ1v) is 10.1. The number of aromatic amines is 1. The standard InChI is InChI=1S/C22H31N3O4/c1-21(2,3)29-20(27)23-14-10-6-5-9-13-22(4,19(26)25-28)17-15-24-18-12-8-7-11-16(17)18/h7-8,11-12,15,24H,5-6,9-10,13-14H2,1-4H3,(H,23,27). The average Bonchev–Trinajstić information content (AvgIpc) is 3.09. The number of rotatable bonds is 9. The number of hydrogen-bond donors (Lipinski definition) is 2. The van der Waals surface area contributed by atoms with Crippen LogP contribution < -0.4 is 5.32 Å². The van der Waals surface area contributed by atoms with Crippen molar-refractivity contribution in [3.8, 4) is 0 Å². The number of carbonyl (C=O) groups is 2. The van der Waals surface area contributed by atoms with E-state index in [1.165, 1.54) is 0 Å². The number of para-hydroxylation sites is 1. The van der Waals surface area contributed by atoms with Crippen molar-refractivity contribution in [3.63, 3.8) is 0 Å². The van der Waals surface area contributed by atoms with E-state index in [-0.39, 0.29) is 0 Å². The lowest BCUT2D eigenvalue weighted by molar-refractivity contribution is -0.123. The molecular formula is C22H31N3O4. The summed E-state index contributed by atoms with van der Waals surface area (Å²) in [4.78, 5) is 38.2. The van der Waals surface area contributed by atoms with Crippen LogP contribution in [0.25, 0.3) is 10.9 Å². The molecule has 2 amide bonds. The van der Waals surface area contributed by atoms with Gasteiger partial charge in [-0.2, -0.15) is 0 Å².